The van der Waals surface area contributed by atoms with Gasteiger partial charge in [0.2, 0.25) is 5.91 Å². The van der Waals surface area contributed by atoms with Crippen molar-refractivity contribution >= 4 is 34.8 Å². The van der Waals surface area contributed by atoms with Crippen LogP contribution in [0.4, 0.5) is 5.69 Å². The van der Waals surface area contributed by atoms with Gasteiger partial charge in [-0.1, -0.05) is 25.1 Å². The second-order valence-electron chi connectivity index (χ2n) is 3.77. The number of amides is 1. The summed E-state index contributed by atoms with van der Waals surface area (Å²) in [7, 11) is 0. The van der Waals surface area contributed by atoms with Crippen LogP contribution in [0.3, 0.4) is 0 Å². The van der Waals surface area contributed by atoms with Crippen molar-refractivity contribution in [2.75, 3.05) is 5.32 Å². The van der Waals surface area contributed by atoms with Gasteiger partial charge >= 0.3 is 0 Å². The Kier molecular flexibility index (Phi) is 5.10. The highest BCUT2D eigenvalue weighted by Crippen LogP contribution is 2.20. The SMILES string of the molecule is CC(Cl)C(Cl)C(C)C(=O)Nc1ccccc1. The summed E-state index contributed by atoms with van der Waals surface area (Å²) in [5.41, 5.74) is 0.769. The van der Waals surface area contributed by atoms with Gasteiger partial charge in [0.15, 0.2) is 0 Å². The van der Waals surface area contributed by atoms with Gasteiger partial charge in [0.1, 0.15) is 0 Å². The first kappa shape index (κ1) is 13.3. The lowest BCUT2D eigenvalue weighted by atomic mass is 10.0. The van der Waals surface area contributed by atoms with E-state index in [1.807, 2.05) is 30.3 Å². The zero-order valence-corrected chi connectivity index (χ0v) is 10.8. The molecule has 0 bridgehead atoms. The highest BCUT2D eigenvalue weighted by Gasteiger charge is 2.25. The standard InChI is InChI=1S/C12H15Cl2NO/c1-8(11(14)9(2)13)12(16)15-10-6-4-3-5-7-10/h3-9,11H,1-2H3,(H,15,16). The molecule has 4 heteroatoms. The Balaban J connectivity index is 2.59. The molecule has 88 valence electrons. The molecule has 0 aliphatic heterocycles. The molecule has 16 heavy (non-hydrogen) atoms. The summed E-state index contributed by atoms with van der Waals surface area (Å²) in [4.78, 5) is 11.8. The first-order valence-electron chi connectivity index (χ1n) is 5.16. The summed E-state index contributed by atoms with van der Waals surface area (Å²) in [6, 6.07) is 9.28. The second kappa shape index (κ2) is 6.12. The van der Waals surface area contributed by atoms with E-state index >= 15 is 0 Å². The molecule has 0 spiro atoms. The maximum atomic E-state index is 11.8. The molecule has 0 saturated carbocycles. The molecular formula is C12H15Cl2NO. The number of carbonyl (C=O) groups excluding carboxylic acids is 1. The molecule has 1 aromatic carbocycles. The number of rotatable bonds is 4. The van der Waals surface area contributed by atoms with E-state index in [9.17, 15) is 4.79 Å². The lowest BCUT2D eigenvalue weighted by Crippen LogP contribution is -2.31. The van der Waals surface area contributed by atoms with E-state index in [0.29, 0.717) is 0 Å². The predicted octanol–water partition coefficient (Wildman–Crippen LogP) is 3.50. The van der Waals surface area contributed by atoms with Crippen molar-refractivity contribution in [3.8, 4) is 0 Å². The van der Waals surface area contributed by atoms with Gasteiger partial charge in [0, 0.05) is 11.1 Å². The number of para-hydroxylation sites is 1. The number of anilines is 1. The van der Waals surface area contributed by atoms with Crippen LogP contribution in [0.5, 0.6) is 0 Å². The molecule has 0 heterocycles. The van der Waals surface area contributed by atoms with E-state index in [2.05, 4.69) is 5.32 Å². The van der Waals surface area contributed by atoms with Crippen molar-refractivity contribution in [3.05, 3.63) is 30.3 Å². The van der Waals surface area contributed by atoms with Crippen molar-refractivity contribution in [1.82, 2.24) is 0 Å². The lowest BCUT2D eigenvalue weighted by molar-refractivity contribution is -0.119. The van der Waals surface area contributed by atoms with E-state index in [-0.39, 0.29) is 22.6 Å². The van der Waals surface area contributed by atoms with Crippen molar-refractivity contribution in [2.45, 2.75) is 24.6 Å². The summed E-state index contributed by atoms with van der Waals surface area (Å²) in [6.45, 7) is 3.56. The van der Waals surface area contributed by atoms with E-state index < -0.39 is 0 Å². The lowest BCUT2D eigenvalue weighted by Gasteiger charge is -2.19. The quantitative estimate of drug-likeness (QED) is 0.825. The van der Waals surface area contributed by atoms with E-state index in [1.54, 1.807) is 13.8 Å². The number of hydrogen-bond donors (Lipinski definition) is 1. The van der Waals surface area contributed by atoms with Crippen molar-refractivity contribution in [3.63, 3.8) is 0 Å². The van der Waals surface area contributed by atoms with Crippen LogP contribution in [0.25, 0.3) is 0 Å². The zero-order valence-electron chi connectivity index (χ0n) is 9.28. The predicted molar refractivity (Wildman–Crippen MR) is 69.2 cm³/mol. The summed E-state index contributed by atoms with van der Waals surface area (Å²) >= 11 is 11.9. The van der Waals surface area contributed by atoms with Crippen LogP contribution < -0.4 is 5.32 Å². The first-order chi connectivity index (χ1) is 7.52. The Morgan fingerprint density at radius 1 is 1.19 bits per heavy atom. The molecule has 3 atom stereocenters. The van der Waals surface area contributed by atoms with Crippen LogP contribution in [-0.4, -0.2) is 16.7 Å². The van der Waals surface area contributed by atoms with Gasteiger partial charge in [-0.25, -0.2) is 0 Å². The number of halogens is 2. The molecule has 1 rings (SSSR count). The summed E-state index contributed by atoms with van der Waals surface area (Å²) in [5.74, 6) is -0.437. The third-order valence-corrected chi connectivity index (χ3v) is 3.53. The maximum Gasteiger partial charge on any atom is 0.228 e. The molecule has 1 N–H and O–H groups in total. The number of hydrogen-bond acceptors (Lipinski definition) is 1. The summed E-state index contributed by atoms with van der Waals surface area (Å²) in [6.07, 6.45) is 0. The monoisotopic (exact) mass is 259 g/mol. The fourth-order valence-electron chi connectivity index (χ4n) is 1.32. The first-order valence-corrected chi connectivity index (χ1v) is 6.03. The Morgan fingerprint density at radius 3 is 2.25 bits per heavy atom. The zero-order chi connectivity index (χ0) is 12.1. The molecule has 0 radical (unpaired) electrons. The van der Waals surface area contributed by atoms with Crippen LogP contribution in [0.1, 0.15) is 13.8 Å². The molecule has 3 unspecified atom stereocenters. The molecular weight excluding hydrogens is 245 g/mol. The summed E-state index contributed by atoms with van der Waals surface area (Å²) in [5, 5.41) is 2.19. The van der Waals surface area contributed by atoms with Crippen LogP contribution >= 0.6 is 23.2 Å². The smallest absolute Gasteiger partial charge is 0.228 e. The van der Waals surface area contributed by atoms with Gasteiger partial charge in [-0.15, -0.1) is 23.2 Å². The van der Waals surface area contributed by atoms with Gasteiger partial charge in [0.05, 0.1) is 11.3 Å². The van der Waals surface area contributed by atoms with Crippen molar-refractivity contribution < 1.29 is 4.79 Å². The third kappa shape index (κ3) is 3.69. The number of carbonyl (C=O) groups is 1. The second-order valence-corrected chi connectivity index (χ2v) is 4.96. The van der Waals surface area contributed by atoms with Crippen molar-refractivity contribution in [2.24, 2.45) is 5.92 Å². The van der Waals surface area contributed by atoms with E-state index in [0.717, 1.165) is 5.69 Å². The fourth-order valence-corrected chi connectivity index (χ4v) is 1.65. The molecule has 0 aliphatic rings. The average Bonchev–Trinajstić information content (AvgIpc) is 2.28. The van der Waals surface area contributed by atoms with Gasteiger partial charge in [0.25, 0.3) is 0 Å². The van der Waals surface area contributed by atoms with Crippen molar-refractivity contribution in [1.29, 1.82) is 0 Å². The molecule has 0 aromatic heterocycles. The largest absolute Gasteiger partial charge is 0.326 e. The Hall–Kier alpha value is -0.730. The van der Waals surface area contributed by atoms with Crippen LogP contribution in [0.2, 0.25) is 0 Å². The fraction of sp³-hybridized carbons (Fsp3) is 0.417. The molecule has 1 amide bonds. The maximum absolute atomic E-state index is 11.8. The van der Waals surface area contributed by atoms with Crippen LogP contribution in [0, 0.1) is 5.92 Å². The Labute approximate surface area is 106 Å². The number of benzene rings is 1. The molecule has 0 saturated heterocycles. The third-order valence-electron chi connectivity index (χ3n) is 2.37. The van der Waals surface area contributed by atoms with E-state index in [1.165, 1.54) is 0 Å². The Bertz CT molecular complexity index is 340. The minimum Gasteiger partial charge on any atom is -0.326 e. The molecule has 1 aromatic rings. The number of alkyl halides is 2. The average molecular weight is 260 g/mol. The highest BCUT2D eigenvalue weighted by molar-refractivity contribution is 6.30. The van der Waals surface area contributed by atoms with E-state index in [4.69, 9.17) is 23.2 Å². The number of nitrogens with one attached hydrogen (secondary N) is 1. The van der Waals surface area contributed by atoms with Gasteiger partial charge in [-0.2, -0.15) is 0 Å². The summed E-state index contributed by atoms with van der Waals surface area (Å²) < 4.78 is 0. The minimum absolute atomic E-state index is 0.112. The molecule has 0 fully saturated rings. The van der Waals surface area contributed by atoms with Crippen LogP contribution in [0.15, 0.2) is 30.3 Å². The molecule has 2 nitrogen and oxygen atoms in total. The van der Waals surface area contributed by atoms with Gasteiger partial charge in [-0.05, 0) is 19.1 Å². The van der Waals surface area contributed by atoms with Crippen LogP contribution in [-0.2, 0) is 4.79 Å². The molecule has 0 aliphatic carbocycles. The topological polar surface area (TPSA) is 29.1 Å². The Morgan fingerprint density at radius 2 is 1.75 bits per heavy atom. The van der Waals surface area contributed by atoms with Gasteiger partial charge in [-0.3, -0.25) is 4.79 Å². The minimum atomic E-state index is -0.370. The normalized spacial score (nSPS) is 16.2. The highest BCUT2D eigenvalue weighted by atomic mass is 35.5. The van der Waals surface area contributed by atoms with Gasteiger partial charge < -0.3 is 5.32 Å².